The molecule has 0 aromatic heterocycles. The summed E-state index contributed by atoms with van der Waals surface area (Å²) in [6.07, 6.45) is 2.54. The molecule has 0 amide bonds. The molecule has 0 aliphatic carbocycles. The fraction of sp³-hybridized carbons (Fsp3) is 0.600. The molecule has 2 rings (SSSR count). The van der Waals surface area contributed by atoms with Gasteiger partial charge in [0.1, 0.15) is 0 Å². The summed E-state index contributed by atoms with van der Waals surface area (Å²) in [6.45, 7) is 9.17. The molecule has 1 aromatic carbocycles. The molecule has 1 saturated heterocycles. The maximum atomic E-state index is 5.73. The van der Waals surface area contributed by atoms with Crippen LogP contribution in [0.25, 0.3) is 0 Å². The minimum atomic E-state index is 0.769. The van der Waals surface area contributed by atoms with Crippen molar-refractivity contribution in [3.63, 3.8) is 0 Å². The maximum absolute atomic E-state index is 5.73. The third-order valence-corrected chi connectivity index (χ3v) is 4.05. The van der Waals surface area contributed by atoms with E-state index in [2.05, 4.69) is 35.8 Å². The first-order valence-corrected chi connectivity index (χ1v) is 7.09. The molecule has 2 N–H and O–H groups in total. The van der Waals surface area contributed by atoms with Crippen LogP contribution in [0.1, 0.15) is 26.7 Å². The number of rotatable bonds is 4. The molecular weight excluding hydrogens is 222 g/mol. The van der Waals surface area contributed by atoms with Gasteiger partial charge in [0.2, 0.25) is 0 Å². The van der Waals surface area contributed by atoms with Gasteiger partial charge >= 0.3 is 0 Å². The second-order valence-electron chi connectivity index (χ2n) is 5.03. The Bertz CT molecular complexity index is 349. The summed E-state index contributed by atoms with van der Waals surface area (Å²) in [5.74, 6) is 0. The van der Waals surface area contributed by atoms with Gasteiger partial charge in [-0.2, -0.15) is 0 Å². The average Bonchev–Trinajstić information content (AvgIpc) is 2.42. The zero-order valence-electron chi connectivity index (χ0n) is 11.6. The number of nitrogens with zero attached hydrogens (tertiary/aromatic N) is 2. The van der Waals surface area contributed by atoms with E-state index < -0.39 is 0 Å². The lowest BCUT2D eigenvalue weighted by Crippen LogP contribution is -2.44. The van der Waals surface area contributed by atoms with Crippen LogP contribution in [0.15, 0.2) is 24.3 Å². The number of benzene rings is 1. The first-order chi connectivity index (χ1) is 8.74. The quantitative estimate of drug-likeness (QED) is 0.830. The van der Waals surface area contributed by atoms with Crippen LogP contribution >= 0.6 is 0 Å². The zero-order valence-corrected chi connectivity index (χ0v) is 11.6. The Balaban J connectivity index is 1.92. The molecule has 100 valence electrons. The monoisotopic (exact) mass is 247 g/mol. The molecule has 1 aliphatic rings. The molecular formula is C15H25N3. The predicted octanol–water partition coefficient (Wildman–Crippen LogP) is 2.58. The lowest BCUT2D eigenvalue weighted by atomic mass is 10.0. The van der Waals surface area contributed by atoms with E-state index in [1.54, 1.807) is 0 Å². The molecule has 0 radical (unpaired) electrons. The van der Waals surface area contributed by atoms with Gasteiger partial charge in [-0.3, -0.25) is 0 Å². The predicted molar refractivity (Wildman–Crippen MR) is 79.0 cm³/mol. The van der Waals surface area contributed by atoms with Crippen molar-refractivity contribution >= 4 is 11.4 Å². The van der Waals surface area contributed by atoms with Gasteiger partial charge in [-0.05, 0) is 50.2 Å². The second-order valence-corrected chi connectivity index (χ2v) is 5.03. The molecule has 0 spiro atoms. The molecule has 0 atom stereocenters. The van der Waals surface area contributed by atoms with Gasteiger partial charge < -0.3 is 15.5 Å². The summed E-state index contributed by atoms with van der Waals surface area (Å²) in [6, 6.07) is 9.02. The summed E-state index contributed by atoms with van der Waals surface area (Å²) in [7, 11) is 0. The number of piperidine rings is 1. The molecule has 1 aliphatic heterocycles. The normalized spacial score (nSPS) is 17.4. The van der Waals surface area contributed by atoms with E-state index in [1.807, 2.05) is 12.1 Å². The van der Waals surface area contributed by atoms with Gasteiger partial charge in [0.15, 0.2) is 0 Å². The Labute approximate surface area is 111 Å². The van der Waals surface area contributed by atoms with Crippen molar-refractivity contribution in [3.05, 3.63) is 24.3 Å². The fourth-order valence-electron chi connectivity index (χ4n) is 2.91. The minimum absolute atomic E-state index is 0.769. The lowest BCUT2D eigenvalue weighted by molar-refractivity contribution is 0.186. The number of nitrogens with two attached hydrogens (primary N) is 1. The van der Waals surface area contributed by atoms with Crippen molar-refractivity contribution < 1.29 is 0 Å². The third kappa shape index (κ3) is 2.96. The van der Waals surface area contributed by atoms with Crippen LogP contribution in [0, 0.1) is 0 Å². The van der Waals surface area contributed by atoms with Crippen LogP contribution < -0.4 is 10.6 Å². The molecule has 1 fully saturated rings. The van der Waals surface area contributed by atoms with Crippen LogP contribution in [-0.4, -0.2) is 37.1 Å². The van der Waals surface area contributed by atoms with Crippen LogP contribution in [0.5, 0.6) is 0 Å². The zero-order chi connectivity index (χ0) is 13.0. The van der Waals surface area contributed by atoms with Gasteiger partial charge in [0.05, 0.1) is 0 Å². The van der Waals surface area contributed by atoms with E-state index in [-0.39, 0.29) is 0 Å². The highest BCUT2D eigenvalue weighted by molar-refractivity contribution is 5.53. The van der Waals surface area contributed by atoms with Crippen LogP contribution in [0.4, 0.5) is 11.4 Å². The van der Waals surface area contributed by atoms with Crippen LogP contribution in [-0.2, 0) is 0 Å². The van der Waals surface area contributed by atoms with Crippen molar-refractivity contribution in [2.75, 3.05) is 36.8 Å². The van der Waals surface area contributed by atoms with Crippen LogP contribution in [0.3, 0.4) is 0 Å². The largest absolute Gasteiger partial charge is 0.399 e. The van der Waals surface area contributed by atoms with Gasteiger partial charge in [-0.25, -0.2) is 0 Å². The van der Waals surface area contributed by atoms with E-state index >= 15 is 0 Å². The maximum Gasteiger partial charge on any atom is 0.0367 e. The summed E-state index contributed by atoms with van der Waals surface area (Å²) >= 11 is 0. The first kappa shape index (κ1) is 13.2. The number of anilines is 2. The Kier molecular flexibility index (Phi) is 4.48. The van der Waals surface area contributed by atoms with Crippen molar-refractivity contribution in [3.8, 4) is 0 Å². The highest BCUT2D eigenvalue weighted by atomic mass is 15.2. The SMILES string of the molecule is CCN(CC)C1CCN(c2ccc(N)cc2)CC1. The first-order valence-electron chi connectivity index (χ1n) is 7.09. The summed E-state index contributed by atoms with van der Waals surface area (Å²) in [5.41, 5.74) is 7.88. The van der Waals surface area contributed by atoms with Gasteiger partial charge in [0.25, 0.3) is 0 Å². The topological polar surface area (TPSA) is 32.5 Å². The Morgan fingerprint density at radius 3 is 2.17 bits per heavy atom. The van der Waals surface area contributed by atoms with Crippen molar-refractivity contribution in [1.82, 2.24) is 4.90 Å². The van der Waals surface area contributed by atoms with Crippen molar-refractivity contribution in [2.45, 2.75) is 32.7 Å². The van der Waals surface area contributed by atoms with Crippen molar-refractivity contribution in [1.29, 1.82) is 0 Å². The van der Waals surface area contributed by atoms with Gasteiger partial charge in [-0.15, -0.1) is 0 Å². The van der Waals surface area contributed by atoms with E-state index in [9.17, 15) is 0 Å². The lowest BCUT2D eigenvalue weighted by Gasteiger charge is -2.38. The molecule has 0 bridgehead atoms. The highest BCUT2D eigenvalue weighted by Crippen LogP contribution is 2.23. The summed E-state index contributed by atoms with van der Waals surface area (Å²) in [4.78, 5) is 5.06. The average molecular weight is 247 g/mol. The Hall–Kier alpha value is -1.22. The van der Waals surface area contributed by atoms with E-state index in [0.717, 1.165) is 24.8 Å². The van der Waals surface area contributed by atoms with Crippen LogP contribution in [0.2, 0.25) is 0 Å². The number of hydrogen-bond donors (Lipinski definition) is 1. The third-order valence-electron chi connectivity index (χ3n) is 4.05. The highest BCUT2D eigenvalue weighted by Gasteiger charge is 2.22. The summed E-state index contributed by atoms with van der Waals surface area (Å²) < 4.78 is 0. The molecule has 3 nitrogen and oxygen atoms in total. The van der Waals surface area contributed by atoms with E-state index in [0.29, 0.717) is 0 Å². The molecule has 1 aromatic rings. The smallest absolute Gasteiger partial charge is 0.0367 e. The number of nitrogen functional groups attached to an aromatic ring is 1. The molecule has 3 heteroatoms. The molecule has 0 saturated carbocycles. The van der Waals surface area contributed by atoms with E-state index in [1.165, 1.54) is 31.6 Å². The molecule has 18 heavy (non-hydrogen) atoms. The standard InChI is InChI=1S/C15H25N3/c1-3-17(4-2)15-9-11-18(12-10-15)14-7-5-13(16)6-8-14/h5-8,15H,3-4,9-12,16H2,1-2H3. The Morgan fingerprint density at radius 2 is 1.67 bits per heavy atom. The Morgan fingerprint density at radius 1 is 1.11 bits per heavy atom. The van der Waals surface area contributed by atoms with Gasteiger partial charge in [-0.1, -0.05) is 13.8 Å². The second kappa shape index (κ2) is 6.10. The minimum Gasteiger partial charge on any atom is -0.399 e. The summed E-state index contributed by atoms with van der Waals surface area (Å²) in [5, 5.41) is 0. The van der Waals surface area contributed by atoms with Crippen molar-refractivity contribution in [2.24, 2.45) is 0 Å². The molecule has 1 heterocycles. The molecule has 0 unspecified atom stereocenters. The fourth-order valence-corrected chi connectivity index (χ4v) is 2.91. The van der Waals surface area contributed by atoms with E-state index in [4.69, 9.17) is 5.73 Å². The number of hydrogen-bond acceptors (Lipinski definition) is 3. The van der Waals surface area contributed by atoms with Gasteiger partial charge in [0, 0.05) is 30.5 Å².